The van der Waals surface area contributed by atoms with Crippen molar-refractivity contribution < 1.29 is 9.47 Å². The van der Waals surface area contributed by atoms with Crippen LogP contribution < -0.4 is 15.0 Å². The number of ether oxygens (including phenoxy) is 2. The standard InChI is InChI=1S/C22H22N4O3/c23-12-15-2-1-3-16(10-15)13-25-7-6-18-19(14-25)24-26(22(18)27)17-4-5-20-21(11-17)29-9-8-28-20/h3-5,10-11,24H,1-2,6-9,13-14H2. The van der Waals surface area contributed by atoms with Crippen LogP contribution in [-0.4, -0.2) is 41.0 Å². The van der Waals surface area contributed by atoms with Gasteiger partial charge in [-0.3, -0.25) is 14.8 Å². The van der Waals surface area contributed by atoms with Crippen molar-refractivity contribution in [3.8, 4) is 23.3 Å². The molecule has 1 aromatic heterocycles. The summed E-state index contributed by atoms with van der Waals surface area (Å²) in [6, 6.07) is 7.83. The molecular weight excluding hydrogens is 368 g/mol. The van der Waals surface area contributed by atoms with Gasteiger partial charge in [-0.1, -0.05) is 6.08 Å². The fraction of sp³-hybridized carbons (Fsp3) is 0.364. The zero-order valence-electron chi connectivity index (χ0n) is 16.1. The summed E-state index contributed by atoms with van der Waals surface area (Å²) in [6.07, 6.45) is 6.67. The van der Waals surface area contributed by atoms with Crippen molar-refractivity contribution in [2.24, 2.45) is 0 Å². The average Bonchev–Trinajstić information content (AvgIpc) is 3.09. The number of nitrogens with zero attached hydrogens (tertiary/aromatic N) is 3. The molecule has 2 aliphatic heterocycles. The molecule has 1 aromatic carbocycles. The van der Waals surface area contributed by atoms with Crippen molar-refractivity contribution in [2.75, 3.05) is 26.3 Å². The van der Waals surface area contributed by atoms with Crippen LogP contribution in [0.25, 0.3) is 5.69 Å². The molecule has 0 atom stereocenters. The van der Waals surface area contributed by atoms with Crippen LogP contribution in [0.4, 0.5) is 0 Å². The summed E-state index contributed by atoms with van der Waals surface area (Å²) in [5.74, 6) is 1.38. The van der Waals surface area contributed by atoms with Crippen molar-refractivity contribution in [1.82, 2.24) is 14.7 Å². The molecule has 1 N–H and O–H groups in total. The summed E-state index contributed by atoms with van der Waals surface area (Å²) in [6.45, 7) is 3.37. The third-order valence-corrected chi connectivity index (χ3v) is 5.65. The molecule has 0 spiro atoms. The van der Waals surface area contributed by atoms with Crippen LogP contribution in [0, 0.1) is 11.3 Å². The molecule has 0 bridgehead atoms. The summed E-state index contributed by atoms with van der Waals surface area (Å²) < 4.78 is 12.8. The third kappa shape index (κ3) is 3.36. The lowest BCUT2D eigenvalue weighted by Gasteiger charge is -2.27. The second kappa shape index (κ2) is 7.30. The molecule has 2 aromatic rings. The number of allylic oxidation sites excluding steroid dienone is 2. The topological polar surface area (TPSA) is 83.3 Å². The molecule has 7 nitrogen and oxygen atoms in total. The molecule has 7 heteroatoms. The van der Waals surface area contributed by atoms with E-state index in [0.717, 1.165) is 48.4 Å². The fourth-order valence-corrected chi connectivity index (χ4v) is 4.19. The number of aromatic amines is 1. The summed E-state index contributed by atoms with van der Waals surface area (Å²) in [5.41, 5.74) is 4.58. The van der Waals surface area contributed by atoms with E-state index in [0.29, 0.717) is 37.7 Å². The Morgan fingerprint density at radius 1 is 1.17 bits per heavy atom. The molecule has 0 radical (unpaired) electrons. The molecular formula is C22H22N4O3. The van der Waals surface area contributed by atoms with Gasteiger partial charge in [0.25, 0.3) is 5.56 Å². The molecule has 0 fully saturated rings. The Morgan fingerprint density at radius 2 is 2.03 bits per heavy atom. The first-order valence-electron chi connectivity index (χ1n) is 9.96. The van der Waals surface area contributed by atoms with E-state index in [2.05, 4.69) is 22.1 Å². The van der Waals surface area contributed by atoms with Crippen molar-refractivity contribution in [1.29, 1.82) is 5.26 Å². The number of rotatable bonds is 3. The average molecular weight is 390 g/mol. The highest BCUT2D eigenvalue weighted by Crippen LogP contribution is 2.32. The molecule has 1 aliphatic carbocycles. The Labute approximate surface area is 168 Å². The quantitative estimate of drug-likeness (QED) is 0.871. The number of hydrogen-bond donors (Lipinski definition) is 1. The Morgan fingerprint density at radius 3 is 2.90 bits per heavy atom. The Balaban J connectivity index is 1.38. The van der Waals surface area contributed by atoms with Crippen molar-refractivity contribution >= 4 is 0 Å². The molecule has 148 valence electrons. The maximum absolute atomic E-state index is 12.9. The zero-order valence-corrected chi connectivity index (χ0v) is 16.1. The monoisotopic (exact) mass is 390 g/mol. The van der Waals surface area contributed by atoms with Crippen molar-refractivity contribution in [2.45, 2.75) is 25.8 Å². The molecule has 3 heterocycles. The Bertz CT molecular complexity index is 1120. The summed E-state index contributed by atoms with van der Waals surface area (Å²) in [5, 5.41) is 12.4. The van der Waals surface area contributed by atoms with Crippen LogP contribution in [-0.2, 0) is 13.0 Å². The minimum atomic E-state index is -0.000118. The van der Waals surface area contributed by atoms with Crippen LogP contribution in [0.5, 0.6) is 11.5 Å². The zero-order chi connectivity index (χ0) is 19.8. The smallest absolute Gasteiger partial charge is 0.274 e. The van der Waals surface area contributed by atoms with Gasteiger partial charge in [-0.2, -0.15) is 5.26 Å². The molecule has 29 heavy (non-hydrogen) atoms. The van der Waals surface area contributed by atoms with Crippen LogP contribution in [0.1, 0.15) is 24.1 Å². The number of nitrogens with one attached hydrogen (secondary N) is 1. The molecule has 0 unspecified atom stereocenters. The number of hydrogen-bond acceptors (Lipinski definition) is 5. The van der Waals surface area contributed by atoms with E-state index in [9.17, 15) is 4.79 Å². The molecule has 5 rings (SSSR count). The van der Waals surface area contributed by atoms with E-state index in [1.54, 1.807) is 4.68 Å². The van der Waals surface area contributed by atoms with E-state index in [1.807, 2.05) is 24.3 Å². The molecule has 0 saturated carbocycles. The first-order chi connectivity index (χ1) is 14.2. The highest BCUT2D eigenvalue weighted by Gasteiger charge is 2.24. The summed E-state index contributed by atoms with van der Waals surface area (Å²) in [4.78, 5) is 15.3. The third-order valence-electron chi connectivity index (χ3n) is 5.65. The number of benzene rings is 1. The number of aromatic nitrogens is 2. The first-order valence-corrected chi connectivity index (χ1v) is 9.96. The molecule has 0 saturated heterocycles. The predicted octanol–water partition coefficient (Wildman–Crippen LogP) is 2.47. The van der Waals surface area contributed by atoms with Gasteiger partial charge in [-0.05, 0) is 43.0 Å². The fourth-order valence-electron chi connectivity index (χ4n) is 4.19. The predicted molar refractivity (Wildman–Crippen MR) is 107 cm³/mol. The number of nitriles is 1. The van der Waals surface area contributed by atoms with Gasteiger partial charge in [-0.15, -0.1) is 0 Å². The molecule has 0 amide bonds. The van der Waals surface area contributed by atoms with E-state index >= 15 is 0 Å². The lowest BCUT2D eigenvalue weighted by atomic mass is 9.99. The van der Waals surface area contributed by atoms with Crippen LogP contribution in [0.3, 0.4) is 0 Å². The van der Waals surface area contributed by atoms with Gasteiger partial charge in [0, 0.05) is 36.8 Å². The van der Waals surface area contributed by atoms with Gasteiger partial charge in [0.2, 0.25) is 0 Å². The maximum Gasteiger partial charge on any atom is 0.274 e. The Kier molecular flexibility index (Phi) is 4.49. The summed E-state index contributed by atoms with van der Waals surface area (Å²) >= 11 is 0. The van der Waals surface area contributed by atoms with Gasteiger partial charge in [-0.25, -0.2) is 4.68 Å². The lowest BCUT2D eigenvalue weighted by Crippen LogP contribution is -2.33. The van der Waals surface area contributed by atoms with E-state index in [4.69, 9.17) is 14.7 Å². The Hall–Kier alpha value is -3.24. The highest BCUT2D eigenvalue weighted by molar-refractivity contribution is 5.49. The molecule has 3 aliphatic rings. The highest BCUT2D eigenvalue weighted by atomic mass is 16.6. The van der Waals surface area contributed by atoms with Gasteiger partial charge < -0.3 is 9.47 Å². The SMILES string of the molecule is N#CC1=CC(CN2CCc3c([nH]n(-c4ccc5c(c4)OCCO5)c3=O)C2)=CCC1. The number of H-pyrrole nitrogens is 1. The maximum atomic E-state index is 12.9. The van der Waals surface area contributed by atoms with Crippen LogP contribution in [0.15, 0.2) is 46.3 Å². The van der Waals surface area contributed by atoms with Gasteiger partial charge >= 0.3 is 0 Å². The summed E-state index contributed by atoms with van der Waals surface area (Å²) in [7, 11) is 0. The van der Waals surface area contributed by atoms with Crippen molar-refractivity contribution in [3.63, 3.8) is 0 Å². The second-order valence-corrected chi connectivity index (χ2v) is 7.60. The van der Waals surface area contributed by atoms with Crippen LogP contribution in [0.2, 0.25) is 0 Å². The normalized spacial score (nSPS) is 18.4. The van der Waals surface area contributed by atoms with Crippen molar-refractivity contribution in [3.05, 3.63) is 63.1 Å². The number of fused-ring (bicyclic) bond motifs is 2. The van der Waals surface area contributed by atoms with Gasteiger partial charge in [0.05, 0.1) is 17.5 Å². The van der Waals surface area contributed by atoms with E-state index in [-0.39, 0.29) is 5.56 Å². The van der Waals surface area contributed by atoms with Gasteiger partial charge in [0.15, 0.2) is 11.5 Å². The minimum absolute atomic E-state index is 0.000118. The minimum Gasteiger partial charge on any atom is -0.486 e. The largest absolute Gasteiger partial charge is 0.486 e. The second-order valence-electron chi connectivity index (χ2n) is 7.60. The van der Waals surface area contributed by atoms with Crippen LogP contribution >= 0.6 is 0 Å². The van der Waals surface area contributed by atoms with E-state index < -0.39 is 0 Å². The first kappa shape index (κ1) is 17.8. The van der Waals surface area contributed by atoms with Gasteiger partial charge in [0.1, 0.15) is 13.2 Å². The van der Waals surface area contributed by atoms with E-state index in [1.165, 1.54) is 5.57 Å². The lowest BCUT2D eigenvalue weighted by molar-refractivity contribution is 0.171.